The number of hydrogen-bond donors (Lipinski definition) is 1. The number of rotatable bonds is 3. The second-order valence-electron chi connectivity index (χ2n) is 4.80. The molecule has 1 aliphatic rings. The third-order valence-corrected chi connectivity index (χ3v) is 3.21. The minimum absolute atomic E-state index is 0.222. The van der Waals surface area contributed by atoms with Gasteiger partial charge in [-0.2, -0.15) is 0 Å². The van der Waals surface area contributed by atoms with Crippen molar-refractivity contribution >= 4 is 0 Å². The first-order chi connectivity index (χ1) is 7.68. The molecule has 0 aliphatic carbocycles. The van der Waals surface area contributed by atoms with Gasteiger partial charge in [0.2, 0.25) is 0 Å². The lowest BCUT2D eigenvalue weighted by Gasteiger charge is -2.33. The minimum atomic E-state index is -0.222. The van der Waals surface area contributed by atoms with E-state index < -0.39 is 0 Å². The summed E-state index contributed by atoms with van der Waals surface area (Å²) in [6.07, 6.45) is 2.27. The van der Waals surface area contributed by atoms with E-state index in [1.165, 1.54) is 12.1 Å². The average Bonchev–Trinajstić information content (AvgIpc) is 2.29. The Bertz CT molecular complexity index is 330. The Hall–Kier alpha value is -1.09. The Labute approximate surface area is 95.8 Å². The maximum absolute atomic E-state index is 12.7. The number of benzene rings is 1. The van der Waals surface area contributed by atoms with Crippen molar-refractivity contribution in [2.75, 3.05) is 19.7 Å². The third-order valence-electron chi connectivity index (χ3n) is 3.21. The van der Waals surface area contributed by atoms with Crippen LogP contribution in [0.4, 0.5) is 4.39 Å². The molecule has 88 valence electrons. The van der Waals surface area contributed by atoms with Crippen molar-refractivity contribution in [2.45, 2.75) is 19.8 Å². The van der Waals surface area contributed by atoms with Crippen molar-refractivity contribution in [3.8, 4) is 5.75 Å². The van der Waals surface area contributed by atoms with E-state index in [9.17, 15) is 4.39 Å². The molecule has 0 spiro atoms. The fourth-order valence-electron chi connectivity index (χ4n) is 1.96. The van der Waals surface area contributed by atoms with Gasteiger partial charge in [-0.1, -0.05) is 6.92 Å². The summed E-state index contributed by atoms with van der Waals surface area (Å²) >= 11 is 0. The molecule has 1 saturated heterocycles. The standard InChI is InChI=1S/C13H18FNO/c1-13(6-8-15-9-7-13)10-16-12-4-2-11(14)3-5-12/h2-5,15H,6-10H2,1H3. The lowest BCUT2D eigenvalue weighted by molar-refractivity contribution is 0.123. The topological polar surface area (TPSA) is 21.3 Å². The van der Waals surface area contributed by atoms with Crippen LogP contribution in [-0.2, 0) is 0 Å². The summed E-state index contributed by atoms with van der Waals surface area (Å²) in [4.78, 5) is 0. The van der Waals surface area contributed by atoms with Crippen LogP contribution in [0.25, 0.3) is 0 Å². The molecule has 0 bridgehead atoms. The average molecular weight is 223 g/mol. The maximum atomic E-state index is 12.7. The number of piperidine rings is 1. The van der Waals surface area contributed by atoms with Gasteiger partial charge < -0.3 is 10.1 Å². The molecule has 0 radical (unpaired) electrons. The molecule has 0 aromatic heterocycles. The number of ether oxygens (including phenoxy) is 1. The van der Waals surface area contributed by atoms with Crippen LogP contribution in [0.3, 0.4) is 0 Å². The van der Waals surface area contributed by atoms with Crippen molar-refractivity contribution in [2.24, 2.45) is 5.41 Å². The summed E-state index contributed by atoms with van der Waals surface area (Å²) in [6, 6.07) is 6.22. The van der Waals surface area contributed by atoms with Crippen LogP contribution in [0.2, 0.25) is 0 Å². The number of halogens is 1. The molecular formula is C13H18FNO. The van der Waals surface area contributed by atoms with E-state index in [2.05, 4.69) is 12.2 Å². The molecule has 0 unspecified atom stereocenters. The van der Waals surface area contributed by atoms with Gasteiger partial charge in [-0.25, -0.2) is 4.39 Å². The molecule has 1 aromatic rings. The van der Waals surface area contributed by atoms with E-state index in [4.69, 9.17) is 4.74 Å². The molecule has 2 nitrogen and oxygen atoms in total. The van der Waals surface area contributed by atoms with Gasteiger partial charge in [-0.05, 0) is 50.2 Å². The van der Waals surface area contributed by atoms with Crippen molar-refractivity contribution in [3.05, 3.63) is 30.1 Å². The number of hydrogen-bond acceptors (Lipinski definition) is 2. The van der Waals surface area contributed by atoms with E-state index in [-0.39, 0.29) is 11.2 Å². The largest absolute Gasteiger partial charge is 0.493 e. The van der Waals surface area contributed by atoms with Gasteiger partial charge in [0.15, 0.2) is 0 Å². The van der Waals surface area contributed by atoms with Crippen molar-refractivity contribution in [1.29, 1.82) is 0 Å². The summed E-state index contributed by atoms with van der Waals surface area (Å²) in [5, 5.41) is 3.34. The molecule has 2 rings (SSSR count). The Kier molecular flexibility index (Phi) is 3.44. The van der Waals surface area contributed by atoms with Gasteiger partial charge in [0, 0.05) is 5.41 Å². The molecule has 1 fully saturated rings. The van der Waals surface area contributed by atoms with Crippen LogP contribution in [0, 0.1) is 11.2 Å². The Morgan fingerprint density at radius 3 is 2.50 bits per heavy atom. The Morgan fingerprint density at radius 1 is 1.25 bits per heavy atom. The van der Waals surface area contributed by atoms with Crippen molar-refractivity contribution in [1.82, 2.24) is 5.32 Å². The van der Waals surface area contributed by atoms with Crippen LogP contribution in [0.15, 0.2) is 24.3 Å². The second kappa shape index (κ2) is 4.83. The van der Waals surface area contributed by atoms with Gasteiger partial charge in [0.1, 0.15) is 11.6 Å². The Morgan fingerprint density at radius 2 is 1.88 bits per heavy atom. The van der Waals surface area contributed by atoms with E-state index in [1.54, 1.807) is 12.1 Å². The van der Waals surface area contributed by atoms with E-state index in [1.807, 2.05) is 0 Å². The van der Waals surface area contributed by atoms with Gasteiger partial charge in [0.25, 0.3) is 0 Å². The van der Waals surface area contributed by atoms with Crippen molar-refractivity contribution < 1.29 is 9.13 Å². The number of nitrogens with one attached hydrogen (secondary N) is 1. The summed E-state index contributed by atoms with van der Waals surface area (Å²) in [6.45, 7) is 5.07. The van der Waals surface area contributed by atoms with Gasteiger partial charge in [0.05, 0.1) is 6.61 Å². The molecule has 0 amide bonds. The predicted molar refractivity (Wildman–Crippen MR) is 62.1 cm³/mol. The van der Waals surface area contributed by atoms with Crippen LogP contribution in [0.1, 0.15) is 19.8 Å². The SMILES string of the molecule is CC1(COc2ccc(F)cc2)CCNCC1. The maximum Gasteiger partial charge on any atom is 0.123 e. The van der Waals surface area contributed by atoms with Crippen LogP contribution in [-0.4, -0.2) is 19.7 Å². The molecule has 1 heterocycles. The van der Waals surface area contributed by atoms with Gasteiger partial charge >= 0.3 is 0 Å². The Balaban J connectivity index is 1.88. The van der Waals surface area contributed by atoms with E-state index in [0.717, 1.165) is 31.7 Å². The highest BCUT2D eigenvalue weighted by Gasteiger charge is 2.27. The first-order valence-electron chi connectivity index (χ1n) is 5.77. The van der Waals surface area contributed by atoms with Gasteiger partial charge in [-0.15, -0.1) is 0 Å². The fraction of sp³-hybridized carbons (Fsp3) is 0.538. The first-order valence-corrected chi connectivity index (χ1v) is 5.77. The predicted octanol–water partition coefficient (Wildman–Crippen LogP) is 2.59. The molecule has 0 saturated carbocycles. The van der Waals surface area contributed by atoms with E-state index in [0.29, 0.717) is 6.61 Å². The highest BCUT2D eigenvalue weighted by atomic mass is 19.1. The third kappa shape index (κ3) is 2.95. The zero-order valence-corrected chi connectivity index (χ0v) is 9.63. The van der Waals surface area contributed by atoms with E-state index >= 15 is 0 Å². The zero-order chi connectivity index (χ0) is 11.4. The van der Waals surface area contributed by atoms with Crippen molar-refractivity contribution in [3.63, 3.8) is 0 Å². The molecule has 3 heteroatoms. The molecule has 1 aliphatic heterocycles. The molecule has 1 N–H and O–H groups in total. The quantitative estimate of drug-likeness (QED) is 0.850. The molecule has 0 atom stereocenters. The monoisotopic (exact) mass is 223 g/mol. The summed E-state index contributed by atoms with van der Waals surface area (Å²) < 4.78 is 18.4. The second-order valence-corrected chi connectivity index (χ2v) is 4.80. The van der Waals surface area contributed by atoms with Crippen LogP contribution in [0.5, 0.6) is 5.75 Å². The first kappa shape index (κ1) is 11.4. The van der Waals surface area contributed by atoms with Gasteiger partial charge in [-0.3, -0.25) is 0 Å². The summed E-state index contributed by atoms with van der Waals surface area (Å²) in [5.74, 6) is 0.529. The normalized spacial score (nSPS) is 19.4. The van der Waals surface area contributed by atoms with Crippen LogP contribution < -0.4 is 10.1 Å². The molecule has 1 aromatic carbocycles. The fourth-order valence-corrected chi connectivity index (χ4v) is 1.96. The molecule has 16 heavy (non-hydrogen) atoms. The van der Waals surface area contributed by atoms with Crippen LogP contribution >= 0.6 is 0 Å². The summed E-state index contributed by atoms with van der Waals surface area (Å²) in [5.41, 5.74) is 0.250. The zero-order valence-electron chi connectivity index (χ0n) is 9.63. The summed E-state index contributed by atoms with van der Waals surface area (Å²) in [7, 11) is 0. The minimum Gasteiger partial charge on any atom is -0.493 e. The highest BCUT2D eigenvalue weighted by molar-refractivity contribution is 5.22. The molecular weight excluding hydrogens is 205 g/mol. The smallest absolute Gasteiger partial charge is 0.123 e. The highest BCUT2D eigenvalue weighted by Crippen LogP contribution is 2.28. The lowest BCUT2D eigenvalue weighted by Crippen LogP contribution is -2.38. The lowest BCUT2D eigenvalue weighted by atomic mass is 9.82.